The normalized spacial score (nSPS) is 44.3. The summed E-state index contributed by atoms with van der Waals surface area (Å²) < 4.78 is 58.7. The molecule has 5 atom stereocenters. The van der Waals surface area contributed by atoms with Crippen LogP contribution in [0, 0.1) is 11.8 Å². The van der Waals surface area contributed by atoms with Crippen LogP contribution < -0.4 is 0 Å². The summed E-state index contributed by atoms with van der Waals surface area (Å²) in [7, 11) is -3.79. The minimum atomic E-state index is -3.79. The fourth-order valence-electron chi connectivity index (χ4n) is 3.31. The van der Waals surface area contributed by atoms with Gasteiger partial charge in [-0.05, 0) is 12.8 Å². The van der Waals surface area contributed by atoms with E-state index in [4.69, 9.17) is 8.92 Å². The standard InChI is InChI=1S/C10H12F2O5S/c1-10(11,12)9(13)16-7-4-2-5-6(3-4)17-18(14,15)8(5)7/h4-8H,2-3H2,1H3. The molecule has 5 nitrogen and oxygen atoms in total. The Morgan fingerprint density at radius 1 is 1.39 bits per heavy atom. The van der Waals surface area contributed by atoms with Crippen molar-refractivity contribution in [2.75, 3.05) is 0 Å². The average Bonchev–Trinajstić information content (AvgIpc) is 2.75. The second-order valence-corrected chi connectivity index (χ2v) is 6.97. The monoisotopic (exact) mass is 282 g/mol. The van der Waals surface area contributed by atoms with E-state index in [0.29, 0.717) is 19.8 Å². The Morgan fingerprint density at radius 2 is 2.06 bits per heavy atom. The van der Waals surface area contributed by atoms with E-state index < -0.39 is 33.4 Å². The molecule has 0 radical (unpaired) electrons. The summed E-state index contributed by atoms with van der Waals surface area (Å²) in [5.41, 5.74) is 0. The van der Waals surface area contributed by atoms with E-state index in [1.54, 1.807) is 0 Å². The van der Waals surface area contributed by atoms with Crippen LogP contribution in [-0.4, -0.2) is 37.8 Å². The number of hydrogen-bond donors (Lipinski definition) is 0. The van der Waals surface area contributed by atoms with Gasteiger partial charge in [0.15, 0.2) is 0 Å². The number of carbonyl (C=O) groups is 1. The molecule has 2 aliphatic carbocycles. The van der Waals surface area contributed by atoms with Gasteiger partial charge in [0.1, 0.15) is 11.4 Å². The lowest BCUT2D eigenvalue weighted by Crippen LogP contribution is -2.42. The first-order chi connectivity index (χ1) is 8.20. The molecule has 3 fully saturated rings. The third kappa shape index (κ3) is 1.58. The molecule has 0 aromatic carbocycles. The zero-order valence-electron chi connectivity index (χ0n) is 9.51. The number of esters is 1. The fourth-order valence-corrected chi connectivity index (χ4v) is 5.33. The third-order valence-corrected chi connectivity index (χ3v) is 5.79. The molecule has 18 heavy (non-hydrogen) atoms. The maximum atomic E-state index is 12.8. The molecule has 0 N–H and O–H groups in total. The Morgan fingerprint density at radius 3 is 2.67 bits per heavy atom. The van der Waals surface area contributed by atoms with Crippen LogP contribution in [0.5, 0.6) is 0 Å². The second kappa shape index (κ2) is 3.41. The summed E-state index contributed by atoms with van der Waals surface area (Å²) in [6, 6.07) is 0. The molecule has 102 valence electrons. The van der Waals surface area contributed by atoms with Gasteiger partial charge in [0.25, 0.3) is 10.1 Å². The van der Waals surface area contributed by atoms with Crippen molar-refractivity contribution in [1.82, 2.24) is 0 Å². The lowest BCUT2D eigenvalue weighted by molar-refractivity contribution is -0.177. The molecule has 0 amide bonds. The largest absolute Gasteiger partial charge is 0.456 e. The summed E-state index contributed by atoms with van der Waals surface area (Å²) in [6.07, 6.45) is -0.339. The number of fused-ring (bicyclic) bond motifs is 1. The average molecular weight is 282 g/mol. The van der Waals surface area contributed by atoms with Gasteiger partial charge in [-0.3, -0.25) is 4.18 Å². The minimum Gasteiger partial charge on any atom is -0.456 e. The highest BCUT2D eigenvalue weighted by atomic mass is 32.2. The quantitative estimate of drug-likeness (QED) is 0.550. The van der Waals surface area contributed by atoms with Crippen LogP contribution in [0.3, 0.4) is 0 Å². The SMILES string of the molecule is CC(F)(F)C(=O)OC1C2CC3OS(=O)(=O)C1C3C2. The fraction of sp³-hybridized carbons (Fsp3) is 0.900. The molecule has 1 heterocycles. The van der Waals surface area contributed by atoms with Gasteiger partial charge in [0, 0.05) is 18.8 Å². The van der Waals surface area contributed by atoms with Crippen molar-refractivity contribution in [3.8, 4) is 0 Å². The Kier molecular flexibility index (Phi) is 2.33. The number of alkyl halides is 2. The predicted octanol–water partition coefficient (Wildman–Crippen LogP) is 0.690. The van der Waals surface area contributed by atoms with E-state index in [1.807, 2.05) is 0 Å². The van der Waals surface area contributed by atoms with Crippen molar-refractivity contribution in [2.24, 2.45) is 11.8 Å². The summed E-state index contributed by atoms with van der Waals surface area (Å²) in [5.74, 6) is -5.68. The highest BCUT2D eigenvalue weighted by molar-refractivity contribution is 7.87. The number of carbonyl (C=O) groups excluding carboxylic acids is 1. The molecule has 0 spiro atoms. The van der Waals surface area contributed by atoms with Crippen LogP contribution in [0.15, 0.2) is 0 Å². The number of halogens is 2. The Hall–Kier alpha value is -0.760. The van der Waals surface area contributed by atoms with E-state index in [0.717, 1.165) is 0 Å². The van der Waals surface area contributed by atoms with Gasteiger partial charge in [0.2, 0.25) is 0 Å². The molecule has 5 unspecified atom stereocenters. The van der Waals surface area contributed by atoms with Crippen LogP contribution in [0.2, 0.25) is 0 Å². The summed E-state index contributed by atoms with van der Waals surface area (Å²) in [4.78, 5) is 11.2. The molecule has 1 saturated heterocycles. The zero-order chi connectivity index (χ0) is 13.3. The van der Waals surface area contributed by atoms with Crippen LogP contribution in [0.1, 0.15) is 19.8 Å². The maximum absolute atomic E-state index is 12.8. The molecule has 0 aromatic rings. The van der Waals surface area contributed by atoms with E-state index in [1.165, 1.54) is 0 Å². The summed E-state index contributed by atoms with van der Waals surface area (Å²) in [6.45, 7) is 0.436. The first-order valence-corrected chi connectivity index (χ1v) is 7.18. The van der Waals surface area contributed by atoms with Crippen LogP contribution >= 0.6 is 0 Å². The Labute approximate surface area is 103 Å². The first kappa shape index (κ1) is 12.3. The molecular formula is C10H12F2O5S. The van der Waals surface area contributed by atoms with Gasteiger partial charge in [0.05, 0.1) is 6.10 Å². The van der Waals surface area contributed by atoms with Crippen molar-refractivity contribution in [3.05, 3.63) is 0 Å². The molecule has 2 bridgehead atoms. The minimum absolute atomic E-state index is 0.187. The highest BCUT2D eigenvalue weighted by Gasteiger charge is 2.66. The van der Waals surface area contributed by atoms with Crippen molar-refractivity contribution >= 4 is 16.1 Å². The highest BCUT2D eigenvalue weighted by Crippen LogP contribution is 2.55. The van der Waals surface area contributed by atoms with E-state index in [9.17, 15) is 22.0 Å². The molecular weight excluding hydrogens is 270 g/mol. The van der Waals surface area contributed by atoms with E-state index >= 15 is 0 Å². The van der Waals surface area contributed by atoms with Crippen molar-refractivity contribution in [1.29, 1.82) is 0 Å². The zero-order valence-corrected chi connectivity index (χ0v) is 10.3. The van der Waals surface area contributed by atoms with Gasteiger partial charge >= 0.3 is 11.9 Å². The molecule has 1 aliphatic heterocycles. The number of ether oxygens (including phenoxy) is 1. The molecule has 0 aromatic heterocycles. The van der Waals surface area contributed by atoms with Gasteiger partial charge < -0.3 is 4.74 Å². The smallest absolute Gasteiger partial charge is 0.376 e. The summed E-state index contributed by atoms with van der Waals surface area (Å²) in [5, 5.41) is -0.965. The topological polar surface area (TPSA) is 69.7 Å². The van der Waals surface area contributed by atoms with Crippen molar-refractivity contribution < 1.29 is 30.9 Å². The van der Waals surface area contributed by atoms with Crippen LogP contribution in [0.4, 0.5) is 8.78 Å². The Bertz CT molecular complexity index is 495. The van der Waals surface area contributed by atoms with E-state index in [-0.39, 0.29) is 17.9 Å². The number of hydrogen-bond acceptors (Lipinski definition) is 5. The summed E-state index contributed by atoms with van der Waals surface area (Å²) >= 11 is 0. The molecule has 2 saturated carbocycles. The van der Waals surface area contributed by atoms with Gasteiger partial charge in [-0.2, -0.15) is 17.2 Å². The van der Waals surface area contributed by atoms with Crippen LogP contribution in [-0.2, 0) is 23.8 Å². The van der Waals surface area contributed by atoms with Crippen molar-refractivity contribution in [2.45, 2.75) is 43.1 Å². The molecule has 3 aliphatic rings. The number of rotatable bonds is 2. The maximum Gasteiger partial charge on any atom is 0.376 e. The first-order valence-electron chi connectivity index (χ1n) is 5.71. The van der Waals surface area contributed by atoms with Crippen LogP contribution in [0.25, 0.3) is 0 Å². The van der Waals surface area contributed by atoms with Gasteiger partial charge in [-0.25, -0.2) is 4.79 Å². The lowest BCUT2D eigenvalue weighted by Gasteiger charge is -2.25. The second-order valence-electron chi connectivity index (χ2n) is 5.25. The van der Waals surface area contributed by atoms with Gasteiger partial charge in [-0.15, -0.1) is 0 Å². The third-order valence-electron chi connectivity index (χ3n) is 3.99. The predicted molar refractivity (Wildman–Crippen MR) is 54.3 cm³/mol. The Balaban J connectivity index is 1.85. The van der Waals surface area contributed by atoms with Gasteiger partial charge in [-0.1, -0.05) is 0 Å². The lowest BCUT2D eigenvalue weighted by atomic mass is 9.95. The van der Waals surface area contributed by atoms with E-state index in [2.05, 4.69) is 0 Å². The molecule has 3 rings (SSSR count). The molecule has 8 heteroatoms. The van der Waals surface area contributed by atoms with Crippen molar-refractivity contribution in [3.63, 3.8) is 0 Å².